The Balaban J connectivity index is 1.74. The molecule has 4 aromatic rings. The second-order valence-corrected chi connectivity index (χ2v) is 5.90. The van der Waals surface area contributed by atoms with Crippen molar-refractivity contribution in [2.45, 2.75) is 0 Å². The number of rotatable bonds is 4. The number of furan rings is 1. The summed E-state index contributed by atoms with van der Waals surface area (Å²) in [6, 6.07) is 24.0. The van der Waals surface area contributed by atoms with Crippen LogP contribution in [0.3, 0.4) is 0 Å². The van der Waals surface area contributed by atoms with Crippen LogP contribution in [0.15, 0.2) is 83.3 Å². The van der Waals surface area contributed by atoms with E-state index < -0.39 is 0 Å². The van der Waals surface area contributed by atoms with Gasteiger partial charge in [0.2, 0.25) is 0 Å². The number of benzene rings is 3. The van der Waals surface area contributed by atoms with Crippen molar-refractivity contribution in [3.63, 3.8) is 0 Å². The standard InChI is InChI=1S/C22H18N2O/c1-24-20(15-7-3-2-4-8-15)14-19(23)16-11-12-18-17-9-5-6-10-21(17)25-22(18)13-16/h2-14,23-24H,1H3/b20-14-,23-19?. The Hall–Kier alpha value is -3.33. The van der Waals surface area contributed by atoms with E-state index in [1.807, 2.05) is 79.9 Å². The van der Waals surface area contributed by atoms with E-state index in [4.69, 9.17) is 9.83 Å². The summed E-state index contributed by atoms with van der Waals surface area (Å²) in [4.78, 5) is 0. The number of hydrogen-bond acceptors (Lipinski definition) is 3. The first-order valence-electron chi connectivity index (χ1n) is 8.21. The molecule has 0 saturated heterocycles. The maximum Gasteiger partial charge on any atom is 0.136 e. The fourth-order valence-corrected chi connectivity index (χ4v) is 3.04. The Bertz CT molecular complexity index is 1090. The van der Waals surface area contributed by atoms with E-state index in [1.54, 1.807) is 0 Å². The lowest BCUT2D eigenvalue weighted by molar-refractivity contribution is 0.669. The number of allylic oxidation sites excluding steroid dienone is 1. The van der Waals surface area contributed by atoms with E-state index in [-0.39, 0.29) is 0 Å². The minimum Gasteiger partial charge on any atom is -0.456 e. The Kier molecular flexibility index (Phi) is 3.82. The smallest absolute Gasteiger partial charge is 0.136 e. The lowest BCUT2D eigenvalue weighted by Crippen LogP contribution is -2.07. The molecule has 0 aliphatic carbocycles. The van der Waals surface area contributed by atoms with Gasteiger partial charge < -0.3 is 15.1 Å². The Morgan fingerprint density at radius 3 is 2.36 bits per heavy atom. The Morgan fingerprint density at radius 1 is 0.840 bits per heavy atom. The molecule has 122 valence electrons. The van der Waals surface area contributed by atoms with Gasteiger partial charge in [-0.05, 0) is 29.8 Å². The monoisotopic (exact) mass is 326 g/mol. The van der Waals surface area contributed by atoms with Crippen LogP contribution in [0.5, 0.6) is 0 Å². The molecule has 0 bridgehead atoms. The SMILES string of the molecule is CN/C(=C\C(=N)c1ccc2c(c1)oc1ccccc12)c1ccccc1. The van der Waals surface area contributed by atoms with Crippen molar-refractivity contribution >= 4 is 33.3 Å². The van der Waals surface area contributed by atoms with Crippen LogP contribution in [0.25, 0.3) is 27.6 Å². The molecule has 0 amide bonds. The van der Waals surface area contributed by atoms with Gasteiger partial charge in [0.25, 0.3) is 0 Å². The number of nitrogens with one attached hydrogen (secondary N) is 2. The van der Waals surface area contributed by atoms with E-state index >= 15 is 0 Å². The molecule has 2 N–H and O–H groups in total. The highest BCUT2D eigenvalue weighted by atomic mass is 16.3. The molecule has 0 atom stereocenters. The number of fused-ring (bicyclic) bond motifs is 3. The van der Waals surface area contributed by atoms with Crippen LogP contribution in [0.2, 0.25) is 0 Å². The minimum atomic E-state index is 0.440. The third kappa shape index (κ3) is 2.81. The lowest BCUT2D eigenvalue weighted by atomic mass is 10.0. The average Bonchev–Trinajstić information content (AvgIpc) is 3.04. The van der Waals surface area contributed by atoms with E-state index in [9.17, 15) is 0 Å². The lowest BCUT2D eigenvalue weighted by Gasteiger charge is -2.08. The first-order valence-corrected chi connectivity index (χ1v) is 8.21. The van der Waals surface area contributed by atoms with Gasteiger partial charge in [0.05, 0.1) is 5.71 Å². The molecule has 0 fully saturated rings. The molecule has 0 unspecified atom stereocenters. The van der Waals surface area contributed by atoms with Crippen LogP contribution < -0.4 is 5.32 Å². The predicted octanol–water partition coefficient (Wildman–Crippen LogP) is 5.21. The maximum absolute atomic E-state index is 8.46. The van der Waals surface area contributed by atoms with Crippen molar-refractivity contribution in [2.24, 2.45) is 0 Å². The molecule has 0 saturated carbocycles. The molecule has 3 heteroatoms. The summed E-state index contributed by atoms with van der Waals surface area (Å²) in [5.74, 6) is 0. The summed E-state index contributed by atoms with van der Waals surface area (Å²) in [7, 11) is 1.87. The molecule has 1 heterocycles. The van der Waals surface area contributed by atoms with Crippen molar-refractivity contribution in [3.05, 3.63) is 90.0 Å². The van der Waals surface area contributed by atoms with E-state index in [1.165, 1.54) is 0 Å². The molecule has 0 spiro atoms. The van der Waals surface area contributed by atoms with Crippen LogP contribution in [-0.2, 0) is 0 Å². The van der Waals surface area contributed by atoms with Crippen LogP contribution in [0, 0.1) is 5.41 Å². The maximum atomic E-state index is 8.46. The fourth-order valence-electron chi connectivity index (χ4n) is 3.04. The van der Waals surface area contributed by atoms with Crippen molar-refractivity contribution in [2.75, 3.05) is 7.05 Å². The molecule has 0 aliphatic rings. The van der Waals surface area contributed by atoms with Crippen molar-refractivity contribution in [3.8, 4) is 0 Å². The van der Waals surface area contributed by atoms with Gasteiger partial charge in [-0.2, -0.15) is 0 Å². The summed E-state index contributed by atoms with van der Waals surface area (Å²) in [5.41, 5.74) is 4.92. The van der Waals surface area contributed by atoms with Crippen LogP contribution in [-0.4, -0.2) is 12.8 Å². The summed E-state index contributed by atoms with van der Waals surface area (Å²) in [5, 5.41) is 13.8. The summed E-state index contributed by atoms with van der Waals surface area (Å²) < 4.78 is 5.93. The zero-order valence-electron chi connectivity index (χ0n) is 13.9. The summed E-state index contributed by atoms with van der Waals surface area (Å²) >= 11 is 0. The van der Waals surface area contributed by atoms with Gasteiger partial charge in [-0.1, -0.05) is 54.6 Å². The number of para-hydroxylation sites is 1. The van der Waals surface area contributed by atoms with Crippen molar-refractivity contribution in [1.29, 1.82) is 5.41 Å². The summed E-state index contributed by atoms with van der Waals surface area (Å²) in [6.07, 6.45) is 1.85. The molecule has 0 aliphatic heterocycles. The van der Waals surface area contributed by atoms with Gasteiger partial charge in [-0.15, -0.1) is 0 Å². The van der Waals surface area contributed by atoms with E-state index in [0.29, 0.717) is 5.71 Å². The molecule has 0 radical (unpaired) electrons. The van der Waals surface area contributed by atoms with Crippen LogP contribution in [0.1, 0.15) is 11.1 Å². The first-order chi connectivity index (χ1) is 12.3. The third-order valence-electron chi connectivity index (χ3n) is 4.33. The molecule has 4 rings (SSSR count). The molecule has 3 aromatic carbocycles. The minimum absolute atomic E-state index is 0.440. The van der Waals surface area contributed by atoms with Gasteiger partial charge in [-0.25, -0.2) is 0 Å². The predicted molar refractivity (Wildman–Crippen MR) is 104 cm³/mol. The highest BCUT2D eigenvalue weighted by molar-refractivity contribution is 6.13. The van der Waals surface area contributed by atoms with E-state index in [2.05, 4.69) is 11.4 Å². The average molecular weight is 326 g/mol. The largest absolute Gasteiger partial charge is 0.456 e. The van der Waals surface area contributed by atoms with Gasteiger partial charge in [-0.3, -0.25) is 0 Å². The summed E-state index contributed by atoms with van der Waals surface area (Å²) in [6.45, 7) is 0. The van der Waals surface area contributed by atoms with Gasteiger partial charge >= 0.3 is 0 Å². The zero-order valence-corrected chi connectivity index (χ0v) is 13.9. The highest BCUT2D eigenvalue weighted by Crippen LogP contribution is 2.29. The van der Waals surface area contributed by atoms with Crippen molar-refractivity contribution < 1.29 is 4.42 Å². The molecular weight excluding hydrogens is 308 g/mol. The van der Waals surface area contributed by atoms with Crippen LogP contribution in [0.4, 0.5) is 0 Å². The molecule has 3 nitrogen and oxygen atoms in total. The topological polar surface area (TPSA) is 49.0 Å². The van der Waals surface area contributed by atoms with Gasteiger partial charge in [0, 0.05) is 29.1 Å². The highest BCUT2D eigenvalue weighted by Gasteiger charge is 2.09. The van der Waals surface area contributed by atoms with Gasteiger partial charge in [0.1, 0.15) is 11.2 Å². The second-order valence-electron chi connectivity index (χ2n) is 5.90. The van der Waals surface area contributed by atoms with Crippen LogP contribution >= 0.6 is 0 Å². The third-order valence-corrected chi connectivity index (χ3v) is 4.33. The fraction of sp³-hybridized carbons (Fsp3) is 0.0455. The molecule has 1 aromatic heterocycles. The van der Waals surface area contributed by atoms with Crippen molar-refractivity contribution in [1.82, 2.24) is 5.32 Å². The molecule has 25 heavy (non-hydrogen) atoms. The van der Waals surface area contributed by atoms with E-state index in [0.717, 1.165) is 38.8 Å². The Morgan fingerprint density at radius 2 is 1.56 bits per heavy atom. The normalized spacial score (nSPS) is 11.8. The second kappa shape index (κ2) is 6.29. The van der Waals surface area contributed by atoms with Gasteiger partial charge in [0.15, 0.2) is 0 Å². The first kappa shape index (κ1) is 15.2. The molecular formula is C22H18N2O. The quantitative estimate of drug-likeness (QED) is 0.505. The zero-order chi connectivity index (χ0) is 17.2. The Labute approximate surface area is 146 Å². The number of hydrogen-bond donors (Lipinski definition) is 2.